The van der Waals surface area contributed by atoms with E-state index < -0.39 is 28.5 Å². The third-order valence-electron chi connectivity index (χ3n) is 6.29. The Hall–Kier alpha value is -3.07. The number of hydrogen-bond acceptors (Lipinski definition) is 4. The van der Waals surface area contributed by atoms with Crippen molar-refractivity contribution in [2.75, 3.05) is 17.4 Å². The van der Waals surface area contributed by atoms with Gasteiger partial charge in [0.25, 0.3) is 10.0 Å². The van der Waals surface area contributed by atoms with Crippen LogP contribution in [0.2, 0.25) is 10.0 Å². The van der Waals surface area contributed by atoms with E-state index in [2.05, 4.69) is 5.32 Å². The second-order valence-corrected chi connectivity index (χ2v) is 12.0. The molecule has 39 heavy (non-hydrogen) atoms. The van der Waals surface area contributed by atoms with E-state index in [4.69, 9.17) is 23.2 Å². The maximum Gasteiger partial charge on any atom is 0.264 e. The molecule has 7 nitrogen and oxygen atoms in total. The standard InChI is InChI=1S/C29H33Cl2N3O4S/c1-4-5-16-32-29(36)22(3)33(19-23-10-9-11-24(30)17-23)28(35)20-34(27-18-25(31)15-14-21(27)2)39(37,38)26-12-7-6-8-13-26/h6-15,17-18,22H,4-5,16,19-20H2,1-3H3,(H,32,36)/t22-/m0/s1. The fourth-order valence-electron chi connectivity index (χ4n) is 4.03. The van der Waals surface area contributed by atoms with E-state index in [0.717, 1.165) is 17.1 Å². The molecule has 3 aromatic carbocycles. The summed E-state index contributed by atoms with van der Waals surface area (Å²) in [5, 5.41) is 3.68. The van der Waals surface area contributed by atoms with Crippen molar-refractivity contribution in [3.63, 3.8) is 0 Å². The first-order chi connectivity index (χ1) is 18.5. The number of halogens is 2. The summed E-state index contributed by atoms with van der Waals surface area (Å²) in [6, 6.07) is 18.9. The van der Waals surface area contributed by atoms with Crippen LogP contribution in [0.25, 0.3) is 0 Å². The van der Waals surface area contributed by atoms with Crippen molar-refractivity contribution in [2.24, 2.45) is 0 Å². The highest BCUT2D eigenvalue weighted by Gasteiger charge is 2.33. The molecular weight excluding hydrogens is 557 g/mol. The number of benzene rings is 3. The van der Waals surface area contributed by atoms with Gasteiger partial charge in [0.2, 0.25) is 11.8 Å². The first-order valence-electron chi connectivity index (χ1n) is 12.7. The molecule has 1 atom stereocenters. The van der Waals surface area contributed by atoms with Crippen molar-refractivity contribution >= 4 is 50.7 Å². The van der Waals surface area contributed by atoms with Crippen LogP contribution in [0.5, 0.6) is 0 Å². The molecule has 0 heterocycles. The average Bonchev–Trinajstić information content (AvgIpc) is 2.92. The minimum Gasteiger partial charge on any atom is -0.354 e. The van der Waals surface area contributed by atoms with E-state index in [1.807, 2.05) is 6.92 Å². The van der Waals surface area contributed by atoms with Gasteiger partial charge in [-0.1, -0.05) is 72.9 Å². The molecule has 0 saturated carbocycles. The van der Waals surface area contributed by atoms with E-state index in [1.165, 1.54) is 23.1 Å². The molecule has 0 aliphatic carbocycles. The Kier molecular flexibility index (Phi) is 10.8. The second kappa shape index (κ2) is 13.8. The number of nitrogens with zero attached hydrogens (tertiary/aromatic N) is 2. The molecule has 0 saturated heterocycles. The lowest BCUT2D eigenvalue weighted by Crippen LogP contribution is -2.51. The summed E-state index contributed by atoms with van der Waals surface area (Å²) in [5.41, 5.74) is 1.61. The predicted octanol–water partition coefficient (Wildman–Crippen LogP) is 5.83. The van der Waals surface area contributed by atoms with Gasteiger partial charge in [0.15, 0.2) is 0 Å². The maximum atomic E-state index is 13.9. The molecule has 0 aliphatic heterocycles. The highest BCUT2D eigenvalue weighted by Crippen LogP contribution is 2.30. The van der Waals surface area contributed by atoms with Crippen LogP contribution in [0.3, 0.4) is 0 Å². The zero-order chi connectivity index (χ0) is 28.6. The summed E-state index contributed by atoms with van der Waals surface area (Å²) >= 11 is 12.4. The number of unbranched alkanes of at least 4 members (excludes halogenated alkanes) is 1. The van der Waals surface area contributed by atoms with Gasteiger partial charge in [0.1, 0.15) is 12.6 Å². The lowest BCUT2D eigenvalue weighted by atomic mass is 10.1. The van der Waals surface area contributed by atoms with Crippen LogP contribution in [0.4, 0.5) is 5.69 Å². The summed E-state index contributed by atoms with van der Waals surface area (Å²) < 4.78 is 28.8. The molecule has 0 aliphatic rings. The van der Waals surface area contributed by atoms with Crippen molar-refractivity contribution in [3.05, 3.63) is 94.0 Å². The van der Waals surface area contributed by atoms with E-state index in [1.54, 1.807) is 68.4 Å². The Bertz CT molecular complexity index is 1400. The van der Waals surface area contributed by atoms with Crippen molar-refractivity contribution in [1.29, 1.82) is 0 Å². The fourth-order valence-corrected chi connectivity index (χ4v) is 5.91. The smallest absolute Gasteiger partial charge is 0.264 e. The summed E-state index contributed by atoms with van der Waals surface area (Å²) in [4.78, 5) is 28.4. The molecule has 0 bridgehead atoms. The molecule has 0 spiro atoms. The average molecular weight is 591 g/mol. The van der Waals surface area contributed by atoms with Crippen LogP contribution >= 0.6 is 23.2 Å². The molecule has 1 N–H and O–H groups in total. The quantitative estimate of drug-likeness (QED) is 0.269. The first-order valence-corrected chi connectivity index (χ1v) is 14.9. The van der Waals surface area contributed by atoms with Crippen molar-refractivity contribution in [2.45, 2.75) is 51.1 Å². The van der Waals surface area contributed by atoms with E-state index in [-0.39, 0.29) is 23.0 Å². The Morgan fingerprint density at radius 3 is 2.31 bits per heavy atom. The molecule has 3 rings (SSSR count). The Labute approximate surface area is 240 Å². The van der Waals surface area contributed by atoms with Crippen LogP contribution in [0, 0.1) is 6.92 Å². The van der Waals surface area contributed by atoms with Gasteiger partial charge in [-0.05, 0) is 67.8 Å². The highest BCUT2D eigenvalue weighted by molar-refractivity contribution is 7.92. The predicted molar refractivity (Wildman–Crippen MR) is 157 cm³/mol. The van der Waals surface area contributed by atoms with Crippen LogP contribution in [-0.4, -0.2) is 44.3 Å². The summed E-state index contributed by atoms with van der Waals surface area (Å²) in [7, 11) is -4.16. The number of hydrogen-bond donors (Lipinski definition) is 1. The Morgan fingerprint density at radius 1 is 0.949 bits per heavy atom. The zero-order valence-corrected chi connectivity index (χ0v) is 24.6. The van der Waals surface area contributed by atoms with Gasteiger partial charge < -0.3 is 10.2 Å². The molecule has 3 aromatic rings. The number of sulfonamides is 1. The minimum atomic E-state index is -4.16. The highest BCUT2D eigenvalue weighted by atomic mass is 35.5. The molecule has 2 amide bonds. The third-order valence-corrected chi connectivity index (χ3v) is 8.53. The number of rotatable bonds is 12. The maximum absolute atomic E-state index is 13.9. The summed E-state index contributed by atoms with van der Waals surface area (Å²) in [5.74, 6) is -0.873. The summed E-state index contributed by atoms with van der Waals surface area (Å²) in [6.07, 6.45) is 1.71. The monoisotopic (exact) mass is 589 g/mol. The third kappa shape index (κ3) is 7.97. The molecular formula is C29H33Cl2N3O4S. The van der Waals surface area contributed by atoms with Crippen LogP contribution in [0.15, 0.2) is 77.7 Å². The number of carbonyl (C=O) groups is 2. The number of amides is 2. The van der Waals surface area contributed by atoms with Gasteiger partial charge in [0.05, 0.1) is 10.6 Å². The topological polar surface area (TPSA) is 86.8 Å². The first kappa shape index (κ1) is 30.5. The lowest BCUT2D eigenvalue weighted by Gasteiger charge is -2.32. The van der Waals surface area contributed by atoms with Crippen molar-refractivity contribution < 1.29 is 18.0 Å². The molecule has 0 unspecified atom stereocenters. The summed E-state index contributed by atoms with van der Waals surface area (Å²) in [6.45, 7) is 5.40. The fraction of sp³-hybridized carbons (Fsp3) is 0.310. The molecule has 0 aromatic heterocycles. The molecule has 208 valence electrons. The van der Waals surface area contributed by atoms with Gasteiger partial charge >= 0.3 is 0 Å². The van der Waals surface area contributed by atoms with Gasteiger partial charge in [-0.15, -0.1) is 0 Å². The largest absolute Gasteiger partial charge is 0.354 e. The SMILES string of the molecule is CCCCNC(=O)[C@H](C)N(Cc1cccc(Cl)c1)C(=O)CN(c1cc(Cl)ccc1C)S(=O)(=O)c1ccccc1. The zero-order valence-electron chi connectivity index (χ0n) is 22.2. The van der Waals surface area contributed by atoms with Crippen molar-refractivity contribution in [3.8, 4) is 0 Å². The van der Waals surface area contributed by atoms with Crippen LogP contribution in [-0.2, 0) is 26.2 Å². The second-order valence-electron chi connectivity index (χ2n) is 9.23. The van der Waals surface area contributed by atoms with Crippen LogP contribution in [0.1, 0.15) is 37.8 Å². The Balaban J connectivity index is 2.03. The number of carbonyl (C=O) groups excluding carboxylic acids is 2. The van der Waals surface area contributed by atoms with Crippen LogP contribution < -0.4 is 9.62 Å². The number of aryl methyl sites for hydroxylation is 1. The van der Waals surface area contributed by atoms with Crippen molar-refractivity contribution in [1.82, 2.24) is 10.2 Å². The van der Waals surface area contributed by atoms with E-state index >= 15 is 0 Å². The molecule has 0 radical (unpaired) electrons. The van der Waals surface area contributed by atoms with Gasteiger partial charge in [-0.3, -0.25) is 13.9 Å². The lowest BCUT2D eigenvalue weighted by molar-refractivity contribution is -0.139. The van der Waals surface area contributed by atoms with E-state index in [0.29, 0.717) is 27.7 Å². The van der Waals surface area contributed by atoms with Gasteiger partial charge in [-0.25, -0.2) is 8.42 Å². The molecule has 0 fully saturated rings. The normalized spacial score (nSPS) is 12.0. The van der Waals surface area contributed by atoms with E-state index in [9.17, 15) is 18.0 Å². The number of nitrogens with one attached hydrogen (secondary N) is 1. The molecule has 10 heteroatoms. The van der Waals surface area contributed by atoms with Gasteiger partial charge in [-0.2, -0.15) is 0 Å². The minimum absolute atomic E-state index is 0.0314. The number of anilines is 1. The Morgan fingerprint density at radius 2 is 1.64 bits per heavy atom. The van der Waals surface area contributed by atoms with Gasteiger partial charge in [0, 0.05) is 23.1 Å².